The molecule has 0 amide bonds. The Balaban J connectivity index is 1.35. The Labute approximate surface area is 173 Å². The number of Topliss-reactive ketones (excluding diaryl/α,β-unsaturated/α-hetero) is 1. The largest absolute Gasteiger partial charge is 0.346 e. The third-order valence-corrected chi connectivity index (χ3v) is 5.81. The van der Waals surface area contributed by atoms with Crippen LogP contribution < -0.4 is 10.6 Å². The van der Waals surface area contributed by atoms with Gasteiger partial charge in [0.05, 0.1) is 24.1 Å². The Morgan fingerprint density at radius 2 is 1.17 bits per heavy atom. The maximum Gasteiger partial charge on any atom is 0.141 e. The number of hydrogen-bond acceptors (Lipinski definition) is 5. The molecule has 0 aliphatic carbocycles. The van der Waals surface area contributed by atoms with Crippen LogP contribution >= 0.6 is 0 Å². The topological polar surface area (TPSA) is 65.8 Å². The Hall–Kier alpha value is -3.99. The van der Waals surface area contributed by atoms with Crippen molar-refractivity contribution in [3.63, 3.8) is 0 Å². The summed E-state index contributed by atoms with van der Waals surface area (Å²) in [4.78, 5) is 22.2. The molecule has 144 valence electrons. The van der Waals surface area contributed by atoms with Crippen LogP contribution in [0.15, 0.2) is 70.6 Å². The van der Waals surface area contributed by atoms with Crippen LogP contribution in [0.25, 0.3) is 21.5 Å². The van der Waals surface area contributed by atoms with Crippen LogP contribution in [0, 0.1) is 0 Å². The fourth-order valence-electron chi connectivity index (χ4n) is 4.45. The molecular formula is C25H18N4O. The first-order chi connectivity index (χ1) is 14.8. The third-order valence-electron chi connectivity index (χ3n) is 5.81. The van der Waals surface area contributed by atoms with Crippen LogP contribution in [0.5, 0.6) is 0 Å². The van der Waals surface area contributed by atoms with Crippen molar-refractivity contribution < 1.29 is 4.79 Å². The van der Waals surface area contributed by atoms with E-state index in [1.54, 1.807) is 12.7 Å². The molecule has 4 aromatic carbocycles. The highest BCUT2D eigenvalue weighted by Crippen LogP contribution is 2.39. The summed E-state index contributed by atoms with van der Waals surface area (Å²) in [5.74, 6) is 0.152. The van der Waals surface area contributed by atoms with E-state index in [-0.39, 0.29) is 5.78 Å². The third kappa shape index (κ3) is 2.59. The highest BCUT2D eigenvalue weighted by atomic mass is 16.1. The van der Waals surface area contributed by atoms with Gasteiger partial charge in [-0.15, -0.1) is 0 Å². The molecule has 0 unspecified atom stereocenters. The molecule has 0 bridgehead atoms. The number of benzene rings is 4. The average molecular weight is 390 g/mol. The number of carbonyl (C=O) groups is 1. The van der Waals surface area contributed by atoms with Gasteiger partial charge in [-0.05, 0) is 34.0 Å². The predicted octanol–water partition coefficient (Wildman–Crippen LogP) is 5.52. The second-order valence-electron chi connectivity index (χ2n) is 7.65. The van der Waals surface area contributed by atoms with E-state index in [4.69, 9.17) is 0 Å². The summed E-state index contributed by atoms with van der Waals surface area (Å²) < 4.78 is 0. The molecule has 0 saturated carbocycles. The average Bonchev–Trinajstić information content (AvgIpc) is 2.78. The monoisotopic (exact) mass is 390 g/mol. The molecule has 0 aromatic heterocycles. The van der Waals surface area contributed by atoms with Crippen LogP contribution in [-0.4, -0.2) is 18.5 Å². The van der Waals surface area contributed by atoms with Gasteiger partial charge in [0.2, 0.25) is 0 Å². The van der Waals surface area contributed by atoms with Gasteiger partial charge in [0, 0.05) is 35.0 Å². The summed E-state index contributed by atoms with van der Waals surface area (Å²) >= 11 is 0. The molecule has 5 heteroatoms. The first kappa shape index (κ1) is 16.9. The molecule has 0 fully saturated rings. The first-order valence-corrected chi connectivity index (χ1v) is 9.97. The Bertz CT molecular complexity index is 1310. The standard InChI is InChI=1S/C25H18N4O/c30-19(11-17-9-7-15-3-1-5-20-22(15)24(17)28-13-26-20)12-18-10-8-16-4-2-6-21-23(16)25(18)29-14-27-21/h1-10,13-14H,11-12H2,(H,26,28)(H,27,29). The van der Waals surface area contributed by atoms with Crippen molar-refractivity contribution in [3.8, 4) is 0 Å². The van der Waals surface area contributed by atoms with Crippen LogP contribution in [0.1, 0.15) is 11.1 Å². The maximum absolute atomic E-state index is 13.1. The molecule has 2 N–H and O–H groups in total. The molecule has 6 rings (SSSR count). The summed E-state index contributed by atoms with van der Waals surface area (Å²) in [7, 11) is 0. The normalized spacial score (nSPS) is 13.3. The van der Waals surface area contributed by atoms with Crippen LogP contribution in [0.2, 0.25) is 0 Å². The van der Waals surface area contributed by atoms with Gasteiger partial charge in [-0.3, -0.25) is 4.79 Å². The van der Waals surface area contributed by atoms with Crippen LogP contribution in [0.4, 0.5) is 22.7 Å². The Morgan fingerprint density at radius 1 is 0.667 bits per heavy atom. The summed E-state index contributed by atoms with van der Waals surface area (Å²) in [6.45, 7) is 0. The number of nitrogens with one attached hydrogen (secondary N) is 2. The summed E-state index contributed by atoms with van der Waals surface area (Å²) in [5, 5.41) is 10.8. The Morgan fingerprint density at radius 3 is 1.67 bits per heavy atom. The van der Waals surface area contributed by atoms with Gasteiger partial charge >= 0.3 is 0 Å². The van der Waals surface area contributed by atoms with Crippen molar-refractivity contribution in [1.29, 1.82) is 0 Å². The van der Waals surface area contributed by atoms with Crippen molar-refractivity contribution in [2.45, 2.75) is 12.8 Å². The lowest BCUT2D eigenvalue weighted by molar-refractivity contribution is -0.117. The molecule has 2 aliphatic heterocycles. The molecule has 0 spiro atoms. The molecule has 0 atom stereocenters. The number of carbonyl (C=O) groups excluding carboxylic acids is 1. The molecule has 30 heavy (non-hydrogen) atoms. The molecule has 4 aromatic rings. The minimum Gasteiger partial charge on any atom is -0.346 e. The quantitative estimate of drug-likeness (QED) is 0.482. The number of anilines is 2. The zero-order chi connectivity index (χ0) is 20.1. The van der Waals surface area contributed by atoms with Gasteiger partial charge in [0.1, 0.15) is 5.78 Å². The lowest BCUT2D eigenvalue weighted by atomic mass is 9.94. The fraction of sp³-hybridized carbons (Fsp3) is 0.0800. The lowest BCUT2D eigenvalue weighted by Crippen LogP contribution is -2.09. The summed E-state index contributed by atoms with van der Waals surface area (Å²) in [6.07, 6.45) is 4.08. The van der Waals surface area contributed by atoms with Crippen molar-refractivity contribution in [2.24, 2.45) is 9.98 Å². The Kier molecular flexibility index (Phi) is 3.68. The molecule has 0 radical (unpaired) electrons. The molecule has 5 nitrogen and oxygen atoms in total. The van der Waals surface area contributed by atoms with Crippen LogP contribution in [-0.2, 0) is 17.6 Å². The molecular weight excluding hydrogens is 372 g/mol. The van der Waals surface area contributed by atoms with Gasteiger partial charge in [-0.25, -0.2) is 9.98 Å². The number of nitrogens with zero attached hydrogens (tertiary/aromatic N) is 2. The van der Waals surface area contributed by atoms with Gasteiger partial charge in [-0.1, -0.05) is 48.5 Å². The van der Waals surface area contributed by atoms with E-state index in [2.05, 4.69) is 44.9 Å². The highest BCUT2D eigenvalue weighted by molar-refractivity contribution is 6.11. The summed E-state index contributed by atoms with van der Waals surface area (Å²) in [5.41, 5.74) is 5.75. The van der Waals surface area contributed by atoms with Crippen molar-refractivity contribution in [1.82, 2.24) is 0 Å². The van der Waals surface area contributed by atoms with E-state index >= 15 is 0 Å². The smallest absolute Gasteiger partial charge is 0.141 e. The van der Waals surface area contributed by atoms with Crippen molar-refractivity contribution in [3.05, 3.63) is 71.8 Å². The highest BCUT2D eigenvalue weighted by Gasteiger charge is 2.18. The van der Waals surface area contributed by atoms with E-state index in [9.17, 15) is 4.79 Å². The van der Waals surface area contributed by atoms with Gasteiger partial charge in [-0.2, -0.15) is 0 Å². The number of rotatable bonds is 4. The second-order valence-corrected chi connectivity index (χ2v) is 7.65. The van der Waals surface area contributed by atoms with Crippen molar-refractivity contribution in [2.75, 3.05) is 10.6 Å². The van der Waals surface area contributed by atoms with E-state index in [0.717, 1.165) is 55.4 Å². The van der Waals surface area contributed by atoms with Crippen LogP contribution in [0.3, 0.4) is 0 Å². The SMILES string of the molecule is O=C(Cc1ccc2cccc3c2c1N=CN3)Cc1ccc2cccc3c2c1N=CN3. The number of aliphatic imine (C=N–C) groups is 2. The maximum atomic E-state index is 13.1. The molecule has 2 heterocycles. The minimum absolute atomic E-state index is 0.152. The number of ketones is 1. The van der Waals surface area contributed by atoms with E-state index < -0.39 is 0 Å². The van der Waals surface area contributed by atoms with Crippen molar-refractivity contribution >= 4 is 62.8 Å². The minimum atomic E-state index is 0.152. The molecule has 2 aliphatic rings. The summed E-state index contributed by atoms with van der Waals surface area (Å²) in [6, 6.07) is 20.4. The first-order valence-electron chi connectivity index (χ1n) is 9.97. The van der Waals surface area contributed by atoms with Gasteiger partial charge in [0.25, 0.3) is 0 Å². The number of hydrogen-bond donors (Lipinski definition) is 2. The zero-order valence-electron chi connectivity index (χ0n) is 16.1. The van der Waals surface area contributed by atoms with Gasteiger partial charge in [0.15, 0.2) is 0 Å². The van der Waals surface area contributed by atoms with Gasteiger partial charge < -0.3 is 10.6 Å². The zero-order valence-corrected chi connectivity index (χ0v) is 16.1. The fourth-order valence-corrected chi connectivity index (χ4v) is 4.45. The van der Waals surface area contributed by atoms with E-state index in [1.807, 2.05) is 36.4 Å². The predicted molar refractivity (Wildman–Crippen MR) is 124 cm³/mol. The van der Waals surface area contributed by atoms with E-state index in [1.165, 1.54) is 0 Å². The van der Waals surface area contributed by atoms with E-state index in [0.29, 0.717) is 12.8 Å². The molecule has 0 saturated heterocycles. The lowest BCUT2D eigenvalue weighted by Gasteiger charge is -2.17. The second kappa shape index (κ2) is 6.52.